The summed E-state index contributed by atoms with van der Waals surface area (Å²) in [6, 6.07) is 6.16. The number of hydrogen-bond acceptors (Lipinski definition) is 2. The van der Waals surface area contributed by atoms with Gasteiger partial charge >= 0.3 is 0 Å². The molecule has 1 saturated carbocycles. The van der Waals surface area contributed by atoms with Crippen molar-refractivity contribution in [3.05, 3.63) is 95.8 Å². The highest BCUT2D eigenvalue weighted by Crippen LogP contribution is 2.39. The predicted octanol–water partition coefficient (Wildman–Crippen LogP) is 7.66. The van der Waals surface area contributed by atoms with Crippen LogP contribution < -0.4 is 4.74 Å². The molecule has 0 spiro atoms. The first-order valence-electron chi connectivity index (χ1n) is 11.2. The van der Waals surface area contributed by atoms with Crippen molar-refractivity contribution in [2.75, 3.05) is 7.11 Å². The van der Waals surface area contributed by atoms with Crippen LogP contribution in [0.5, 0.6) is 5.75 Å². The van der Waals surface area contributed by atoms with E-state index in [1.165, 1.54) is 22.4 Å². The molecule has 2 aliphatic rings. The average Bonchev–Trinajstić information content (AvgIpc) is 2.93. The van der Waals surface area contributed by atoms with E-state index in [4.69, 9.17) is 9.73 Å². The molecule has 0 heterocycles. The minimum absolute atomic E-state index is 0.383. The molecule has 31 heavy (non-hydrogen) atoms. The quantitative estimate of drug-likeness (QED) is 0.346. The highest BCUT2D eigenvalue weighted by Gasteiger charge is 2.31. The molecule has 3 rings (SSSR count). The van der Waals surface area contributed by atoms with Gasteiger partial charge in [0, 0.05) is 29.3 Å². The second kappa shape index (κ2) is 10.4. The SMILES string of the molecule is C=Cc1ccc(CC(=C)N=C2/C(=C\C)CC(=C)CCC2C2CC=CC=C2C)c(OC)c1. The number of ether oxygens (including phenoxy) is 1. The molecule has 1 aromatic rings. The van der Waals surface area contributed by atoms with Gasteiger partial charge in [-0.2, -0.15) is 0 Å². The molecule has 162 valence electrons. The third-order valence-corrected chi connectivity index (χ3v) is 6.45. The topological polar surface area (TPSA) is 21.6 Å². The van der Waals surface area contributed by atoms with E-state index in [0.29, 0.717) is 18.3 Å². The van der Waals surface area contributed by atoms with Crippen LogP contribution in [0.4, 0.5) is 0 Å². The standard InChI is InChI=1S/C29H35NO/c1-7-23-14-15-25(28(19-23)31-6)18-22(5)30-29-24(8-2)17-20(3)13-16-27(29)26-12-10-9-11-21(26)4/h7-11,14-15,19,26-27H,1,3,5,12-13,16-18H2,2,4,6H3/b24-8-,30-29?. The Balaban J connectivity index is 1.95. The zero-order chi connectivity index (χ0) is 22.4. The van der Waals surface area contributed by atoms with E-state index in [1.54, 1.807) is 7.11 Å². The molecular formula is C29H35NO. The fourth-order valence-electron chi connectivity index (χ4n) is 4.68. The zero-order valence-corrected chi connectivity index (χ0v) is 19.3. The monoisotopic (exact) mass is 413 g/mol. The third kappa shape index (κ3) is 5.44. The van der Waals surface area contributed by atoms with Crippen molar-refractivity contribution in [1.82, 2.24) is 0 Å². The molecule has 2 aliphatic carbocycles. The highest BCUT2D eigenvalue weighted by atomic mass is 16.5. The smallest absolute Gasteiger partial charge is 0.123 e. The molecule has 0 saturated heterocycles. The van der Waals surface area contributed by atoms with Crippen LogP contribution >= 0.6 is 0 Å². The van der Waals surface area contributed by atoms with Gasteiger partial charge in [0.1, 0.15) is 5.75 Å². The van der Waals surface area contributed by atoms with E-state index in [9.17, 15) is 0 Å². The summed E-state index contributed by atoms with van der Waals surface area (Å²) in [5, 5.41) is 0. The van der Waals surface area contributed by atoms with E-state index < -0.39 is 0 Å². The minimum Gasteiger partial charge on any atom is -0.496 e. The Morgan fingerprint density at radius 3 is 2.77 bits per heavy atom. The summed E-state index contributed by atoms with van der Waals surface area (Å²) in [5.41, 5.74) is 8.23. The summed E-state index contributed by atoms with van der Waals surface area (Å²) in [7, 11) is 1.71. The first kappa shape index (κ1) is 22.8. The van der Waals surface area contributed by atoms with Gasteiger partial charge in [-0.15, -0.1) is 0 Å². The van der Waals surface area contributed by atoms with Crippen molar-refractivity contribution in [1.29, 1.82) is 0 Å². The maximum Gasteiger partial charge on any atom is 0.123 e. The Morgan fingerprint density at radius 2 is 2.10 bits per heavy atom. The van der Waals surface area contributed by atoms with Crippen LogP contribution in [0.25, 0.3) is 6.08 Å². The Bertz CT molecular complexity index is 986. The Labute approximate surface area is 188 Å². The number of hydrogen-bond donors (Lipinski definition) is 0. The van der Waals surface area contributed by atoms with Crippen molar-refractivity contribution < 1.29 is 4.74 Å². The van der Waals surface area contributed by atoms with Crippen LogP contribution in [0.1, 0.15) is 50.7 Å². The number of nitrogens with zero attached hydrogens (tertiary/aromatic N) is 1. The van der Waals surface area contributed by atoms with Crippen molar-refractivity contribution in [3.63, 3.8) is 0 Å². The Morgan fingerprint density at radius 1 is 1.29 bits per heavy atom. The largest absolute Gasteiger partial charge is 0.496 e. The molecule has 0 bridgehead atoms. The number of methoxy groups -OCH3 is 1. The lowest BCUT2D eigenvalue weighted by atomic mass is 9.76. The Hall–Kier alpha value is -2.87. The van der Waals surface area contributed by atoms with Gasteiger partial charge in [0.05, 0.1) is 7.11 Å². The summed E-state index contributed by atoms with van der Waals surface area (Å²) >= 11 is 0. The summed E-state index contributed by atoms with van der Waals surface area (Å²) in [5.74, 6) is 1.72. The Kier molecular flexibility index (Phi) is 7.68. The van der Waals surface area contributed by atoms with Gasteiger partial charge in [-0.25, -0.2) is 0 Å². The second-order valence-corrected chi connectivity index (χ2v) is 8.58. The lowest BCUT2D eigenvalue weighted by Crippen LogP contribution is -2.26. The van der Waals surface area contributed by atoms with Crippen LogP contribution in [0.2, 0.25) is 0 Å². The molecule has 1 aromatic carbocycles. The van der Waals surface area contributed by atoms with Crippen molar-refractivity contribution in [3.8, 4) is 5.75 Å². The van der Waals surface area contributed by atoms with Crippen LogP contribution in [-0.2, 0) is 6.42 Å². The van der Waals surface area contributed by atoms with E-state index in [1.807, 2.05) is 12.1 Å². The second-order valence-electron chi connectivity index (χ2n) is 8.58. The van der Waals surface area contributed by atoms with E-state index in [2.05, 4.69) is 70.0 Å². The van der Waals surface area contributed by atoms with Crippen LogP contribution in [-0.4, -0.2) is 12.8 Å². The van der Waals surface area contributed by atoms with Gasteiger partial charge < -0.3 is 4.74 Å². The number of benzene rings is 1. The van der Waals surface area contributed by atoms with Crippen molar-refractivity contribution >= 4 is 11.8 Å². The van der Waals surface area contributed by atoms with Crippen LogP contribution in [0.15, 0.2) is 89.6 Å². The molecule has 2 nitrogen and oxygen atoms in total. The predicted molar refractivity (Wildman–Crippen MR) is 135 cm³/mol. The fraction of sp³-hybridized carbons (Fsp3) is 0.345. The minimum atomic E-state index is 0.383. The fourth-order valence-corrected chi connectivity index (χ4v) is 4.68. The van der Waals surface area contributed by atoms with E-state index >= 15 is 0 Å². The number of rotatable bonds is 6. The highest BCUT2D eigenvalue weighted by molar-refractivity contribution is 6.03. The lowest BCUT2D eigenvalue weighted by molar-refractivity contribution is 0.410. The van der Waals surface area contributed by atoms with Crippen molar-refractivity contribution in [2.24, 2.45) is 16.8 Å². The number of aliphatic imine (C=N–C) groups is 1. The summed E-state index contributed by atoms with van der Waals surface area (Å²) in [6.07, 6.45) is 15.5. The molecule has 0 N–H and O–H groups in total. The number of allylic oxidation sites excluding steroid dienone is 8. The molecule has 0 aromatic heterocycles. The maximum atomic E-state index is 5.61. The molecule has 2 unspecified atom stereocenters. The van der Waals surface area contributed by atoms with Crippen molar-refractivity contribution in [2.45, 2.75) is 46.0 Å². The van der Waals surface area contributed by atoms with Gasteiger partial charge in [-0.1, -0.05) is 73.4 Å². The molecule has 0 amide bonds. The average molecular weight is 414 g/mol. The normalized spacial score (nSPS) is 24.1. The first-order chi connectivity index (χ1) is 15.0. The van der Waals surface area contributed by atoms with E-state index in [0.717, 1.165) is 48.3 Å². The van der Waals surface area contributed by atoms with E-state index in [-0.39, 0.29) is 0 Å². The molecule has 2 heteroatoms. The van der Waals surface area contributed by atoms with Crippen LogP contribution in [0, 0.1) is 11.8 Å². The third-order valence-electron chi connectivity index (χ3n) is 6.45. The van der Waals surface area contributed by atoms with Gasteiger partial charge in [-0.05, 0) is 62.7 Å². The molecule has 0 aliphatic heterocycles. The zero-order valence-electron chi connectivity index (χ0n) is 19.3. The molecule has 2 atom stereocenters. The molecule has 1 fully saturated rings. The van der Waals surface area contributed by atoms with Crippen LogP contribution in [0.3, 0.4) is 0 Å². The van der Waals surface area contributed by atoms with Gasteiger partial charge in [0.25, 0.3) is 0 Å². The summed E-state index contributed by atoms with van der Waals surface area (Å²) < 4.78 is 5.61. The van der Waals surface area contributed by atoms with Gasteiger partial charge in [-0.3, -0.25) is 4.99 Å². The lowest BCUT2D eigenvalue weighted by Gasteiger charge is -2.30. The van der Waals surface area contributed by atoms with Gasteiger partial charge in [0.2, 0.25) is 0 Å². The summed E-state index contributed by atoms with van der Waals surface area (Å²) in [6.45, 7) is 16.9. The first-order valence-corrected chi connectivity index (χ1v) is 11.2. The maximum absolute atomic E-state index is 5.61. The summed E-state index contributed by atoms with van der Waals surface area (Å²) in [4.78, 5) is 5.17. The molecular weight excluding hydrogens is 378 g/mol. The molecule has 0 radical (unpaired) electrons. The van der Waals surface area contributed by atoms with Gasteiger partial charge in [0.15, 0.2) is 0 Å².